The number of aryl methyl sites for hydroxylation is 2. The number of aromatic nitrogens is 2. The number of benzene rings is 1. The number of hydrogen-bond acceptors (Lipinski definition) is 3. The quantitative estimate of drug-likeness (QED) is 0.832. The molecule has 3 aliphatic rings. The summed E-state index contributed by atoms with van der Waals surface area (Å²) in [4.78, 5) is 17.8. The molecule has 4 heterocycles. The monoisotopic (exact) mass is 366 g/mol. The molecule has 0 N–H and O–H groups in total. The second-order valence-corrected chi connectivity index (χ2v) is 8.19. The van der Waals surface area contributed by atoms with Crippen molar-refractivity contribution in [2.45, 2.75) is 46.1 Å². The molecule has 3 fully saturated rings. The smallest absolute Gasteiger partial charge is 0.253 e. The van der Waals surface area contributed by atoms with Crippen molar-refractivity contribution in [1.29, 1.82) is 0 Å². The van der Waals surface area contributed by atoms with E-state index in [1.54, 1.807) is 0 Å². The molecule has 2 atom stereocenters. The highest BCUT2D eigenvalue weighted by molar-refractivity contribution is 5.94. The first kappa shape index (κ1) is 18.2. The maximum atomic E-state index is 13.1. The Hall–Kier alpha value is -2.14. The van der Waals surface area contributed by atoms with Gasteiger partial charge in [0.1, 0.15) is 0 Å². The fourth-order valence-corrected chi connectivity index (χ4v) is 4.72. The van der Waals surface area contributed by atoms with Crippen molar-refractivity contribution in [3.05, 3.63) is 47.3 Å². The minimum absolute atomic E-state index is 0.171. The summed E-state index contributed by atoms with van der Waals surface area (Å²) < 4.78 is 1.93. The maximum absolute atomic E-state index is 13.1. The Morgan fingerprint density at radius 3 is 2.56 bits per heavy atom. The van der Waals surface area contributed by atoms with Crippen LogP contribution in [-0.4, -0.2) is 57.7 Å². The Morgan fingerprint density at radius 1 is 1.11 bits per heavy atom. The van der Waals surface area contributed by atoms with Crippen LogP contribution < -0.4 is 0 Å². The first-order valence-electron chi connectivity index (χ1n) is 10.2. The van der Waals surface area contributed by atoms with Gasteiger partial charge >= 0.3 is 0 Å². The van der Waals surface area contributed by atoms with Gasteiger partial charge in [0, 0.05) is 36.9 Å². The van der Waals surface area contributed by atoms with Crippen LogP contribution in [0.2, 0.25) is 0 Å². The average Bonchev–Trinajstić information content (AvgIpc) is 2.83. The predicted molar refractivity (Wildman–Crippen MR) is 107 cm³/mol. The van der Waals surface area contributed by atoms with E-state index in [1.807, 2.05) is 42.8 Å². The van der Waals surface area contributed by atoms with Crippen LogP contribution in [0.3, 0.4) is 0 Å². The third-order valence-electron chi connectivity index (χ3n) is 5.99. The molecule has 0 spiro atoms. The van der Waals surface area contributed by atoms with Crippen molar-refractivity contribution in [1.82, 2.24) is 19.6 Å². The fraction of sp³-hybridized carbons (Fsp3) is 0.545. The molecule has 144 valence electrons. The molecule has 0 saturated carbocycles. The molecule has 2 aromatic rings. The summed E-state index contributed by atoms with van der Waals surface area (Å²) in [5.41, 5.74) is 3.89. The number of carbonyl (C=O) groups is 1. The van der Waals surface area contributed by atoms with E-state index >= 15 is 0 Å². The van der Waals surface area contributed by atoms with Gasteiger partial charge in [0.2, 0.25) is 0 Å². The van der Waals surface area contributed by atoms with E-state index in [-0.39, 0.29) is 5.91 Å². The van der Waals surface area contributed by atoms with E-state index in [9.17, 15) is 4.79 Å². The lowest BCUT2D eigenvalue weighted by atomic mass is 9.95. The molecule has 0 aliphatic carbocycles. The first-order chi connectivity index (χ1) is 13.0. The van der Waals surface area contributed by atoms with Gasteiger partial charge in [-0.15, -0.1) is 0 Å². The molecule has 1 aromatic carbocycles. The summed E-state index contributed by atoms with van der Waals surface area (Å²) in [5, 5.41) is 4.53. The lowest BCUT2D eigenvalue weighted by Crippen LogP contribution is -2.44. The minimum Gasteiger partial charge on any atom is -0.337 e. The Kier molecular flexibility index (Phi) is 5.04. The van der Waals surface area contributed by atoms with E-state index in [0.717, 1.165) is 48.8 Å². The number of fused-ring (bicyclic) bond motifs is 4. The first-order valence-corrected chi connectivity index (χ1v) is 10.2. The Labute approximate surface area is 162 Å². The van der Waals surface area contributed by atoms with Crippen molar-refractivity contribution < 1.29 is 4.79 Å². The maximum Gasteiger partial charge on any atom is 0.253 e. The zero-order valence-corrected chi connectivity index (χ0v) is 16.7. The molecule has 27 heavy (non-hydrogen) atoms. The molecule has 2 bridgehead atoms. The molecule has 5 nitrogen and oxygen atoms in total. The highest BCUT2D eigenvalue weighted by Gasteiger charge is 2.36. The summed E-state index contributed by atoms with van der Waals surface area (Å²) in [6, 6.07) is 10.5. The number of nitrogens with zero attached hydrogens (tertiary/aromatic N) is 4. The molecule has 5 heteroatoms. The summed E-state index contributed by atoms with van der Waals surface area (Å²) in [6.07, 6.45) is 3.67. The van der Waals surface area contributed by atoms with Gasteiger partial charge in [-0.1, -0.05) is 6.92 Å². The van der Waals surface area contributed by atoms with Crippen LogP contribution >= 0.6 is 0 Å². The minimum atomic E-state index is 0.171. The van der Waals surface area contributed by atoms with Gasteiger partial charge in [0.05, 0.1) is 11.4 Å². The van der Waals surface area contributed by atoms with Crippen LogP contribution in [0.4, 0.5) is 0 Å². The van der Waals surface area contributed by atoms with E-state index in [0.29, 0.717) is 12.0 Å². The number of rotatable bonds is 4. The van der Waals surface area contributed by atoms with Crippen LogP contribution in [0, 0.1) is 19.8 Å². The van der Waals surface area contributed by atoms with Crippen molar-refractivity contribution in [3.63, 3.8) is 0 Å². The predicted octanol–water partition coefficient (Wildman–Crippen LogP) is 3.44. The van der Waals surface area contributed by atoms with Gasteiger partial charge in [0.15, 0.2) is 0 Å². The topological polar surface area (TPSA) is 41.4 Å². The summed E-state index contributed by atoms with van der Waals surface area (Å²) in [7, 11) is 0. The van der Waals surface area contributed by atoms with Crippen LogP contribution in [0.25, 0.3) is 5.69 Å². The molecule has 1 amide bonds. The zero-order valence-electron chi connectivity index (χ0n) is 16.7. The van der Waals surface area contributed by atoms with Gasteiger partial charge in [-0.2, -0.15) is 5.10 Å². The van der Waals surface area contributed by atoms with Gasteiger partial charge in [-0.3, -0.25) is 9.69 Å². The second-order valence-electron chi connectivity index (χ2n) is 8.19. The van der Waals surface area contributed by atoms with E-state index in [2.05, 4.69) is 27.9 Å². The van der Waals surface area contributed by atoms with Crippen LogP contribution in [0.1, 0.15) is 47.9 Å². The van der Waals surface area contributed by atoms with Crippen LogP contribution in [0.15, 0.2) is 30.3 Å². The Bertz CT molecular complexity index is 810. The van der Waals surface area contributed by atoms with E-state index in [4.69, 9.17) is 0 Å². The largest absolute Gasteiger partial charge is 0.337 e. The summed E-state index contributed by atoms with van der Waals surface area (Å²) in [5.74, 6) is 0.790. The number of hydrogen-bond donors (Lipinski definition) is 0. The molecule has 3 saturated heterocycles. The van der Waals surface area contributed by atoms with Crippen molar-refractivity contribution >= 4 is 5.91 Å². The third-order valence-corrected chi connectivity index (χ3v) is 5.99. The third kappa shape index (κ3) is 3.65. The fourth-order valence-electron chi connectivity index (χ4n) is 4.72. The molecule has 3 aliphatic heterocycles. The molecule has 0 unspecified atom stereocenters. The molecular formula is C22H30N4O. The highest BCUT2D eigenvalue weighted by atomic mass is 16.2. The molecule has 0 radical (unpaired) electrons. The SMILES string of the molecule is CCCN1C[C@H]2CC[C@@H]1CN(C(=O)c1ccc(-n3nc(C)cc3C)cc1)C2. The Morgan fingerprint density at radius 2 is 1.89 bits per heavy atom. The zero-order chi connectivity index (χ0) is 19.0. The molecule has 5 rings (SSSR count). The molecular weight excluding hydrogens is 336 g/mol. The lowest BCUT2D eigenvalue weighted by Gasteiger charge is -2.35. The average molecular weight is 367 g/mol. The number of amides is 1. The second kappa shape index (κ2) is 7.47. The standard InChI is InChI=1S/C22H30N4O/c1-4-11-24-13-18-5-8-21(24)15-25(14-18)22(27)19-6-9-20(10-7-19)26-17(3)12-16(2)23-26/h6-7,9-10,12,18,21H,4-5,8,11,13-15H2,1-3H3/t18-,21-/m1/s1. The van der Waals surface area contributed by atoms with Crippen molar-refractivity contribution in [3.8, 4) is 5.69 Å². The van der Waals surface area contributed by atoms with Crippen molar-refractivity contribution in [2.75, 3.05) is 26.2 Å². The van der Waals surface area contributed by atoms with Gasteiger partial charge in [-0.05, 0) is 75.9 Å². The number of carbonyl (C=O) groups excluding carboxylic acids is 1. The van der Waals surface area contributed by atoms with Crippen molar-refractivity contribution in [2.24, 2.45) is 5.92 Å². The van der Waals surface area contributed by atoms with Crippen LogP contribution in [-0.2, 0) is 0 Å². The number of piperidine rings is 1. The van der Waals surface area contributed by atoms with E-state index < -0.39 is 0 Å². The van der Waals surface area contributed by atoms with E-state index in [1.165, 1.54) is 19.3 Å². The van der Waals surface area contributed by atoms with Gasteiger partial charge < -0.3 is 4.90 Å². The highest BCUT2D eigenvalue weighted by Crippen LogP contribution is 2.29. The summed E-state index contributed by atoms with van der Waals surface area (Å²) in [6.45, 7) is 10.4. The van der Waals surface area contributed by atoms with Gasteiger partial charge in [0.25, 0.3) is 5.91 Å². The van der Waals surface area contributed by atoms with Gasteiger partial charge in [-0.25, -0.2) is 4.68 Å². The van der Waals surface area contributed by atoms with Crippen LogP contribution in [0.5, 0.6) is 0 Å². The molecule has 1 aromatic heterocycles. The Balaban J connectivity index is 1.50. The summed E-state index contributed by atoms with van der Waals surface area (Å²) >= 11 is 0. The lowest BCUT2D eigenvalue weighted by molar-refractivity contribution is 0.0738. The normalized spacial score (nSPS) is 22.9.